The van der Waals surface area contributed by atoms with Crippen molar-refractivity contribution in [2.75, 3.05) is 11.4 Å². The van der Waals surface area contributed by atoms with Gasteiger partial charge in [-0.05, 0) is 37.1 Å². The number of aryl methyl sites for hydroxylation is 2. The third kappa shape index (κ3) is 2.23. The van der Waals surface area contributed by atoms with Gasteiger partial charge in [-0.2, -0.15) is 0 Å². The van der Waals surface area contributed by atoms with E-state index in [9.17, 15) is 4.79 Å². The van der Waals surface area contributed by atoms with Crippen molar-refractivity contribution in [3.05, 3.63) is 27.7 Å². The lowest BCUT2D eigenvalue weighted by Crippen LogP contribution is -2.25. The zero-order chi connectivity index (χ0) is 12.6. The molecule has 1 saturated heterocycles. The van der Waals surface area contributed by atoms with Crippen LogP contribution in [0.4, 0.5) is 5.69 Å². The highest BCUT2D eigenvalue weighted by molar-refractivity contribution is 9.10. The Hall–Kier alpha value is -1.27. The molecule has 0 bridgehead atoms. The fraction of sp³-hybridized carbons (Fsp3) is 0.357. The van der Waals surface area contributed by atoms with E-state index in [1.165, 1.54) is 0 Å². The highest BCUT2D eigenvalue weighted by atomic mass is 79.9. The number of nitrogens with zero attached hydrogens (tertiary/aromatic N) is 1. The maximum absolute atomic E-state index is 11.9. The standard InChI is InChI=1S/C14H14BrNO/c1-4-11-7-14(17)16(8-11)13-6-9(2)12(15)5-10(13)3/h1,5-6,11H,7-8H2,2-3H3. The van der Waals surface area contributed by atoms with Gasteiger partial charge in [-0.1, -0.05) is 15.9 Å². The normalized spacial score (nSPS) is 19.5. The van der Waals surface area contributed by atoms with Gasteiger partial charge in [-0.3, -0.25) is 4.79 Å². The van der Waals surface area contributed by atoms with Crippen LogP contribution in [0, 0.1) is 32.1 Å². The van der Waals surface area contributed by atoms with E-state index in [2.05, 4.69) is 21.9 Å². The summed E-state index contributed by atoms with van der Waals surface area (Å²) in [5.74, 6) is 2.84. The highest BCUT2D eigenvalue weighted by Gasteiger charge is 2.30. The molecule has 2 nitrogen and oxygen atoms in total. The quantitative estimate of drug-likeness (QED) is 0.729. The van der Waals surface area contributed by atoms with Gasteiger partial charge in [0.25, 0.3) is 0 Å². The van der Waals surface area contributed by atoms with Gasteiger partial charge in [0.1, 0.15) is 0 Å². The molecule has 1 amide bonds. The van der Waals surface area contributed by atoms with E-state index < -0.39 is 0 Å². The van der Waals surface area contributed by atoms with E-state index in [1.54, 1.807) is 4.90 Å². The number of carbonyl (C=O) groups is 1. The summed E-state index contributed by atoms with van der Waals surface area (Å²) in [6, 6.07) is 4.08. The van der Waals surface area contributed by atoms with Gasteiger partial charge >= 0.3 is 0 Å². The largest absolute Gasteiger partial charge is 0.311 e. The Kier molecular flexibility index (Phi) is 3.26. The van der Waals surface area contributed by atoms with E-state index >= 15 is 0 Å². The minimum absolute atomic E-state index is 0.0471. The fourth-order valence-electron chi connectivity index (χ4n) is 2.11. The number of carbonyl (C=O) groups excluding carboxylic acids is 1. The van der Waals surface area contributed by atoms with Crippen LogP contribution in [0.1, 0.15) is 17.5 Å². The molecule has 1 aliphatic rings. The molecule has 1 unspecified atom stereocenters. The average Bonchev–Trinajstić information content (AvgIpc) is 2.65. The predicted octanol–water partition coefficient (Wildman–Crippen LogP) is 3.05. The lowest BCUT2D eigenvalue weighted by Gasteiger charge is -2.19. The van der Waals surface area contributed by atoms with Crippen molar-refractivity contribution in [3.63, 3.8) is 0 Å². The molecule has 0 saturated carbocycles. The average molecular weight is 292 g/mol. The third-order valence-electron chi connectivity index (χ3n) is 3.13. The molecule has 0 aliphatic carbocycles. The zero-order valence-electron chi connectivity index (χ0n) is 9.96. The second kappa shape index (κ2) is 4.54. The van der Waals surface area contributed by atoms with Crippen LogP contribution in [0.5, 0.6) is 0 Å². The molecule has 1 aromatic rings. The number of benzene rings is 1. The first-order chi connectivity index (χ1) is 8.02. The van der Waals surface area contributed by atoms with Gasteiger partial charge in [0.2, 0.25) is 5.91 Å². The van der Waals surface area contributed by atoms with E-state index in [0.29, 0.717) is 13.0 Å². The Bertz CT molecular complexity index is 516. The molecule has 2 rings (SSSR count). The summed E-state index contributed by atoms with van der Waals surface area (Å²) < 4.78 is 1.07. The molecular formula is C14H14BrNO. The predicted molar refractivity (Wildman–Crippen MR) is 72.9 cm³/mol. The van der Waals surface area contributed by atoms with Crippen LogP contribution >= 0.6 is 15.9 Å². The van der Waals surface area contributed by atoms with Gasteiger partial charge in [-0.15, -0.1) is 12.3 Å². The van der Waals surface area contributed by atoms with Crippen LogP contribution in [0.3, 0.4) is 0 Å². The molecule has 1 heterocycles. The van der Waals surface area contributed by atoms with Crippen molar-refractivity contribution in [2.24, 2.45) is 5.92 Å². The monoisotopic (exact) mass is 291 g/mol. The summed E-state index contributed by atoms with van der Waals surface area (Å²) in [4.78, 5) is 13.7. The molecule has 17 heavy (non-hydrogen) atoms. The first-order valence-electron chi connectivity index (χ1n) is 5.56. The van der Waals surface area contributed by atoms with Crippen LogP contribution in [-0.4, -0.2) is 12.5 Å². The van der Waals surface area contributed by atoms with E-state index in [-0.39, 0.29) is 11.8 Å². The van der Waals surface area contributed by atoms with Gasteiger partial charge in [0, 0.05) is 29.0 Å². The van der Waals surface area contributed by atoms with Crippen molar-refractivity contribution in [2.45, 2.75) is 20.3 Å². The number of hydrogen-bond acceptors (Lipinski definition) is 1. The van der Waals surface area contributed by atoms with Crippen LogP contribution in [0.15, 0.2) is 16.6 Å². The van der Waals surface area contributed by atoms with Crippen molar-refractivity contribution in [3.8, 4) is 12.3 Å². The Morgan fingerprint density at radius 3 is 2.71 bits per heavy atom. The minimum Gasteiger partial charge on any atom is -0.311 e. The number of terminal acetylenes is 1. The van der Waals surface area contributed by atoms with Crippen molar-refractivity contribution >= 4 is 27.5 Å². The smallest absolute Gasteiger partial charge is 0.228 e. The number of hydrogen-bond donors (Lipinski definition) is 0. The Morgan fingerprint density at radius 1 is 1.41 bits per heavy atom. The first kappa shape index (κ1) is 12.2. The zero-order valence-corrected chi connectivity index (χ0v) is 11.5. The van der Waals surface area contributed by atoms with Crippen molar-refractivity contribution in [1.29, 1.82) is 0 Å². The van der Waals surface area contributed by atoms with Crippen molar-refractivity contribution in [1.82, 2.24) is 0 Å². The van der Waals surface area contributed by atoms with E-state index in [1.807, 2.05) is 26.0 Å². The van der Waals surface area contributed by atoms with Gasteiger partial charge in [-0.25, -0.2) is 0 Å². The molecule has 1 aliphatic heterocycles. The molecule has 1 atom stereocenters. The number of amides is 1. The van der Waals surface area contributed by atoms with Crippen LogP contribution in [0.25, 0.3) is 0 Å². The number of halogens is 1. The Balaban J connectivity index is 2.39. The highest BCUT2D eigenvalue weighted by Crippen LogP contribution is 2.31. The molecule has 88 valence electrons. The topological polar surface area (TPSA) is 20.3 Å². The summed E-state index contributed by atoms with van der Waals surface area (Å²) >= 11 is 3.49. The van der Waals surface area contributed by atoms with Crippen LogP contribution in [0.2, 0.25) is 0 Å². The van der Waals surface area contributed by atoms with Gasteiger partial charge in [0.05, 0.1) is 0 Å². The molecular weight excluding hydrogens is 278 g/mol. The summed E-state index contributed by atoms with van der Waals surface area (Å²) in [6.45, 7) is 4.67. The summed E-state index contributed by atoms with van der Waals surface area (Å²) in [6.07, 6.45) is 5.86. The molecule has 0 radical (unpaired) electrons. The Morgan fingerprint density at radius 2 is 2.12 bits per heavy atom. The summed E-state index contributed by atoms with van der Waals surface area (Å²) in [5, 5.41) is 0. The maximum Gasteiger partial charge on any atom is 0.228 e. The fourth-order valence-corrected chi connectivity index (χ4v) is 2.57. The molecule has 1 aromatic carbocycles. The van der Waals surface area contributed by atoms with Crippen molar-refractivity contribution < 1.29 is 4.79 Å². The van der Waals surface area contributed by atoms with E-state index in [4.69, 9.17) is 6.42 Å². The lowest BCUT2D eigenvalue weighted by molar-refractivity contribution is -0.117. The van der Waals surface area contributed by atoms with Gasteiger partial charge in [0.15, 0.2) is 0 Å². The first-order valence-corrected chi connectivity index (χ1v) is 6.35. The Labute approximate surface area is 110 Å². The lowest BCUT2D eigenvalue weighted by atomic mass is 10.1. The summed E-state index contributed by atoms with van der Waals surface area (Å²) in [7, 11) is 0. The molecule has 3 heteroatoms. The molecule has 1 fully saturated rings. The second-order valence-electron chi connectivity index (χ2n) is 4.46. The minimum atomic E-state index is 0.0471. The van der Waals surface area contributed by atoms with Gasteiger partial charge < -0.3 is 4.90 Å². The third-order valence-corrected chi connectivity index (χ3v) is 3.98. The molecule has 0 aromatic heterocycles. The van der Waals surface area contributed by atoms with E-state index in [0.717, 1.165) is 21.3 Å². The maximum atomic E-state index is 11.9. The second-order valence-corrected chi connectivity index (χ2v) is 5.31. The summed E-state index contributed by atoms with van der Waals surface area (Å²) in [5.41, 5.74) is 3.20. The molecule has 0 spiro atoms. The number of anilines is 1. The number of rotatable bonds is 1. The molecule has 0 N–H and O–H groups in total. The van der Waals surface area contributed by atoms with Crippen LogP contribution in [-0.2, 0) is 4.79 Å². The SMILES string of the molecule is C#CC1CC(=O)N(c2cc(C)c(Br)cc2C)C1. The van der Waals surface area contributed by atoms with Crippen LogP contribution < -0.4 is 4.90 Å².